The second-order valence-electron chi connectivity index (χ2n) is 6.20. The summed E-state index contributed by atoms with van der Waals surface area (Å²) in [5.74, 6) is -0.104. The second-order valence-corrected chi connectivity index (χ2v) is 9.62. The van der Waals surface area contributed by atoms with E-state index in [2.05, 4.69) is 10.3 Å². The van der Waals surface area contributed by atoms with Crippen molar-refractivity contribution in [3.63, 3.8) is 0 Å². The van der Waals surface area contributed by atoms with Crippen molar-refractivity contribution in [1.82, 2.24) is 0 Å². The first-order chi connectivity index (χ1) is 10.6. The van der Waals surface area contributed by atoms with E-state index in [1.807, 2.05) is 34.6 Å². The van der Waals surface area contributed by atoms with Crippen LogP contribution < -0.4 is 0 Å². The fourth-order valence-corrected chi connectivity index (χ4v) is 5.45. The highest BCUT2D eigenvalue weighted by Crippen LogP contribution is 2.32. The minimum Gasteiger partial charge on any atom is -0.399 e. The van der Waals surface area contributed by atoms with Gasteiger partial charge in [-0.1, -0.05) is 10.3 Å². The van der Waals surface area contributed by atoms with Crippen LogP contribution >= 0.6 is 11.3 Å². The smallest absolute Gasteiger partial charge is 0.199 e. The molecule has 2 rings (SSSR count). The van der Waals surface area contributed by atoms with Gasteiger partial charge in [0, 0.05) is 21.7 Å². The minimum atomic E-state index is -3.53. The summed E-state index contributed by atoms with van der Waals surface area (Å²) < 4.78 is 25.4. The second kappa shape index (κ2) is 6.24. The Labute approximate surface area is 141 Å². The zero-order valence-electron chi connectivity index (χ0n) is 14.3. The van der Waals surface area contributed by atoms with Gasteiger partial charge in [-0.05, 0) is 40.2 Å². The van der Waals surface area contributed by atoms with E-state index in [4.69, 9.17) is 9.68 Å². The Kier molecular flexibility index (Phi) is 4.86. The molecule has 0 unspecified atom stereocenters. The van der Waals surface area contributed by atoms with Crippen LogP contribution in [-0.4, -0.2) is 31.9 Å². The third-order valence-electron chi connectivity index (χ3n) is 3.64. The van der Waals surface area contributed by atoms with Gasteiger partial charge in [-0.15, -0.1) is 11.3 Å². The fraction of sp³-hybridized carbons (Fsp3) is 0.600. The maximum atomic E-state index is 12.7. The predicted molar refractivity (Wildman–Crippen MR) is 92.9 cm³/mol. The number of thiophene rings is 1. The number of nitrogens with zero attached hydrogens (tertiary/aromatic N) is 2. The molecule has 0 amide bonds. The zero-order chi connectivity index (χ0) is 17.4. The van der Waals surface area contributed by atoms with Crippen LogP contribution in [0.4, 0.5) is 0 Å². The van der Waals surface area contributed by atoms with Crippen LogP contribution in [0, 0.1) is 13.8 Å². The van der Waals surface area contributed by atoms with Crippen molar-refractivity contribution >= 4 is 31.9 Å². The van der Waals surface area contributed by atoms with Gasteiger partial charge in [0.2, 0.25) is 0 Å². The van der Waals surface area contributed by atoms with E-state index in [1.165, 1.54) is 7.11 Å². The van der Waals surface area contributed by atoms with Gasteiger partial charge in [0.25, 0.3) is 0 Å². The number of oxime groups is 2. The van der Waals surface area contributed by atoms with Crippen molar-refractivity contribution < 1.29 is 18.1 Å². The van der Waals surface area contributed by atoms with Gasteiger partial charge in [-0.25, -0.2) is 8.42 Å². The van der Waals surface area contributed by atoms with E-state index in [1.54, 1.807) is 11.3 Å². The molecule has 23 heavy (non-hydrogen) atoms. The van der Waals surface area contributed by atoms with Gasteiger partial charge >= 0.3 is 0 Å². The molecule has 1 aromatic rings. The van der Waals surface area contributed by atoms with Gasteiger partial charge < -0.3 is 9.68 Å². The monoisotopic (exact) mass is 358 g/mol. The van der Waals surface area contributed by atoms with Crippen LogP contribution in [-0.2, 0) is 25.3 Å². The molecule has 0 aliphatic carbocycles. The summed E-state index contributed by atoms with van der Waals surface area (Å²) in [6.07, 6.45) is 0.290. The Morgan fingerprint density at radius 1 is 1.39 bits per heavy atom. The molecule has 0 bridgehead atoms. The predicted octanol–water partition coefficient (Wildman–Crippen LogP) is 3.16. The Morgan fingerprint density at radius 3 is 2.57 bits per heavy atom. The molecule has 0 atom stereocenters. The molecule has 1 aliphatic rings. The highest BCUT2D eigenvalue weighted by molar-refractivity contribution is 8.05. The van der Waals surface area contributed by atoms with Crippen LogP contribution in [0.15, 0.2) is 10.3 Å². The number of aryl methyl sites for hydroxylation is 2. The molecule has 1 aliphatic heterocycles. The number of sulfone groups is 1. The van der Waals surface area contributed by atoms with Gasteiger partial charge in [0.1, 0.15) is 12.7 Å². The summed E-state index contributed by atoms with van der Waals surface area (Å²) in [5, 5.41) is 7.84. The third-order valence-corrected chi connectivity index (χ3v) is 6.31. The van der Waals surface area contributed by atoms with Crippen LogP contribution in [0.2, 0.25) is 0 Å². The highest BCUT2D eigenvalue weighted by Gasteiger charge is 2.36. The molecule has 6 nitrogen and oxygen atoms in total. The average molecular weight is 358 g/mol. The molecule has 1 aromatic heterocycles. The summed E-state index contributed by atoms with van der Waals surface area (Å²) in [7, 11) is -2.06. The lowest BCUT2D eigenvalue weighted by molar-refractivity contribution is 0.0123. The first-order valence-electron chi connectivity index (χ1n) is 7.22. The average Bonchev–Trinajstić information content (AvgIpc) is 2.90. The Hall–Kier alpha value is -1.41. The molecule has 0 N–H and O–H groups in total. The molecule has 128 valence electrons. The normalized spacial score (nSPS) is 17.8. The lowest BCUT2D eigenvalue weighted by Crippen LogP contribution is -2.23. The highest BCUT2D eigenvalue weighted by atomic mass is 32.2. The maximum Gasteiger partial charge on any atom is 0.199 e. The lowest BCUT2D eigenvalue weighted by Gasteiger charge is -2.13. The standard InChI is InChI=1S/C15H22N2O4S2/c1-9(16-20-6)14-11(3)22-10(2)12(14)8-23(18,19)13-7-15(4,5)21-17-13/h7-8H2,1-6H3/b16-9+. The molecule has 0 radical (unpaired) electrons. The van der Waals surface area contributed by atoms with E-state index >= 15 is 0 Å². The summed E-state index contributed by atoms with van der Waals surface area (Å²) in [4.78, 5) is 12.0. The first-order valence-corrected chi connectivity index (χ1v) is 9.69. The van der Waals surface area contributed by atoms with E-state index in [0.29, 0.717) is 5.71 Å². The topological polar surface area (TPSA) is 77.3 Å². The molecule has 0 aromatic carbocycles. The fourth-order valence-electron chi connectivity index (χ4n) is 2.60. The Bertz CT molecular complexity index is 774. The third kappa shape index (κ3) is 3.74. The number of hydrogen-bond donors (Lipinski definition) is 0. The molecule has 2 heterocycles. The van der Waals surface area contributed by atoms with Crippen molar-refractivity contribution in [2.24, 2.45) is 10.3 Å². The molecular weight excluding hydrogens is 336 g/mol. The quantitative estimate of drug-likeness (QED) is 0.612. The Balaban J connectivity index is 2.39. The summed E-state index contributed by atoms with van der Waals surface area (Å²) in [6.45, 7) is 9.33. The minimum absolute atomic E-state index is 0.104. The molecule has 8 heteroatoms. The molecule has 0 spiro atoms. The van der Waals surface area contributed by atoms with Gasteiger partial charge in [0.15, 0.2) is 14.9 Å². The summed E-state index contributed by atoms with van der Waals surface area (Å²) >= 11 is 1.56. The van der Waals surface area contributed by atoms with Crippen LogP contribution in [0.3, 0.4) is 0 Å². The van der Waals surface area contributed by atoms with Crippen molar-refractivity contribution in [3.8, 4) is 0 Å². The SMILES string of the molecule is CO/N=C(\C)c1c(C)sc(C)c1CS(=O)(=O)C1=NOC(C)(C)C1. The first kappa shape index (κ1) is 17.9. The van der Waals surface area contributed by atoms with Crippen LogP contribution in [0.1, 0.15) is 48.1 Å². The Morgan fingerprint density at radius 2 is 2.04 bits per heavy atom. The molecule has 0 saturated carbocycles. The van der Waals surface area contributed by atoms with Crippen molar-refractivity contribution in [1.29, 1.82) is 0 Å². The lowest BCUT2D eigenvalue weighted by atomic mass is 10.1. The zero-order valence-corrected chi connectivity index (χ0v) is 15.9. The number of hydrogen-bond acceptors (Lipinski definition) is 7. The molecule has 0 saturated heterocycles. The maximum absolute atomic E-state index is 12.7. The number of rotatable bonds is 4. The molecule has 0 fully saturated rings. The van der Waals surface area contributed by atoms with E-state index in [9.17, 15) is 8.42 Å². The van der Waals surface area contributed by atoms with Crippen molar-refractivity contribution in [3.05, 3.63) is 20.9 Å². The van der Waals surface area contributed by atoms with E-state index in [-0.39, 0.29) is 17.2 Å². The van der Waals surface area contributed by atoms with Crippen LogP contribution in [0.5, 0.6) is 0 Å². The van der Waals surface area contributed by atoms with Crippen LogP contribution in [0.25, 0.3) is 0 Å². The van der Waals surface area contributed by atoms with Gasteiger partial charge in [-0.3, -0.25) is 0 Å². The largest absolute Gasteiger partial charge is 0.399 e. The molecular formula is C15H22N2O4S2. The van der Waals surface area contributed by atoms with Gasteiger partial charge in [-0.2, -0.15) is 0 Å². The van der Waals surface area contributed by atoms with Crippen molar-refractivity contribution in [2.45, 2.75) is 52.4 Å². The summed E-state index contributed by atoms with van der Waals surface area (Å²) in [6, 6.07) is 0. The summed E-state index contributed by atoms with van der Waals surface area (Å²) in [5.41, 5.74) is 1.71. The van der Waals surface area contributed by atoms with Crippen molar-refractivity contribution in [2.75, 3.05) is 7.11 Å². The van der Waals surface area contributed by atoms with E-state index < -0.39 is 15.4 Å². The van der Waals surface area contributed by atoms with E-state index in [0.717, 1.165) is 20.9 Å². The van der Waals surface area contributed by atoms with Gasteiger partial charge in [0.05, 0.1) is 11.5 Å².